The second kappa shape index (κ2) is 7.63. The van der Waals surface area contributed by atoms with E-state index in [9.17, 15) is 4.79 Å². The average Bonchev–Trinajstić information content (AvgIpc) is 3.33. The molecule has 3 N–H and O–H groups in total. The standard InChI is InChI=1S/C19H25N7O3/c1-11-20-18(25-8-7-13(10-25)22-12(2)27)17-19(21-11)26(24-23-17)14-5-6-15(28-3)16(9-14)29-4/h5-6,9,13,23-24H,7-8,10H2,1-4H3,(H,22,27). The Kier molecular flexibility index (Phi) is 5.01. The normalized spacial score (nSPS) is 17.7. The molecule has 10 nitrogen and oxygen atoms in total. The molecule has 0 radical (unpaired) electrons. The maximum Gasteiger partial charge on any atom is 0.217 e. The smallest absolute Gasteiger partial charge is 0.217 e. The molecule has 0 spiro atoms. The lowest BCUT2D eigenvalue weighted by molar-refractivity contribution is -0.119. The Bertz CT molecular complexity index is 936. The summed E-state index contributed by atoms with van der Waals surface area (Å²) in [4.78, 5) is 22.8. The maximum absolute atomic E-state index is 11.4. The van der Waals surface area contributed by atoms with Crippen LogP contribution in [0.5, 0.6) is 11.5 Å². The first-order valence-electron chi connectivity index (χ1n) is 9.44. The van der Waals surface area contributed by atoms with Gasteiger partial charge < -0.3 is 19.7 Å². The van der Waals surface area contributed by atoms with Crippen molar-refractivity contribution in [2.24, 2.45) is 0 Å². The fourth-order valence-electron chi connectivity index (χ4n) is 3.72. The van der Waals surface area contributed by atoms with Gasteiger partial charge in [0, 0.05) is 32.1 Å². The Balaban J connectivity index is 1.65. The Morgan fingerprint density at radius 3 is 2.69 bits per heavy atom. The molecule has 3 heterocycles. The number of hydrogen-bond acceptors (Lipinski definition) is 9. The third kappa shape index (κ3) is 3.58. The molecular formula is C19H25N7O3. The summed E-state index contributed by atoms with van der Waals surface area (Å²) in [5.74, 6) is 3.48. The monoisotopic (exact) mass is 399 g/mol. The van der Waals surface area contributed by atoms with E-state index in [1.807, 2.05) is 30.1 Å². The van der Waals surface area contributed by atoms with Crippen molar-refractivity contribution in [1.29, 1.82) is 0 Å². The van der Waals surface area contributed by atoms with Crippen LogP contribution in [-0.2, 0) is 4.79 Å². The first-order chi connectivity index (χ1) is 14.0. The van der Waals surface area contributed by atoms with E-state index in [-0.39, 0.29) is 11.9 Å². The summed E-state index contributed by atoms with van der Waals surface area (Å²) >= 11 is 0. The number of amides is 1. The molecule has 1 fully saturated rings. The highest BCUT2D eigenvalue weighted by Gasteiger charge is 2.32. The summed E-state index contributed by atoms with van der Waals surface area (Å²) in [6, 6.07) is 5.77. The number of aryl methyl sites for hydroxylation is 1. The van der Waals surface area contributed by atoms with Crippen LogP contribution in [0.1, 0.15) is 19.2 Å². The van der Waals surface area contributed by atoms with E-state index in [1.54, 1.807) is 21.1 Å². The van der Waals surface area contributed by atoms with Crippen molar-refractivity contribution < 1.29 is 14.3 Å². The molecule has 1 aromatic heterocycles. The second-order valence-corrected chi connectivity index (χ2v) is 7.04. The number of carbonyl (C=O) groups is 1. The second-order valence-electron chi connectivity index (χ2n) is 7.04. The molecule has 1 saturated heterocycles. The minimum absolute atomic E-state index is 0.0135. The number of carbonyl (C=O) groups excluding carboxylic acids is 1. The highest BCUT2D eigenvalue weighted by atomic mass is 16.5. The van der Waals surface area contributed by atoms with E-state index in [4.69, 9.17) is 9.47 Å². The summed E-state index contributed by atoms with van der Waals surface area (Å²) in [5, 5.41) is 4.83. The summed E-state index contributed by atoms with van der Waals surface area (Å²) < 4.78 is 10.7. The molecule has 1 unspecified atom stereocenters. The molecule has 2 aliphatic heterocycles. The highest BCUT2D eigenvalue weighted by Crippen LogP contribution is 2.41. The van der Waals surface area contributed by atoms with Crippen molar-refractivity contribution in [2.75, 3.05) is 42.6 Å². The van der Waals surface area contributed by atoms with Gasteiger partial charge in [-0.25, -0.2) is 15.0 Å². The fourth-order valence-corrected chi connectivity index (χ4v) is 3.72. The van der Waals surface area contributed by atoms with Crippen molar-refractivity contribution in [1.82, 2.24) is 20.8 Å². The van der Waals surface area contributed by atoms with Gasteiger partial charge in [0.05, 0.1) is 19.9 Å². The Morgan fingerprint density at radius 1 is 1.21 bits per heavy atom. The van der Waals surface area contributed by atoms with Gasteiger partial charge in [0.2, 0.25) is 5.91 Å². The van der Waals surface area contributed by atoms with Crippen LogP contribution in [0.2, 0.25) is 0 Å². The third-order valence-corrected chi connectivity index (χ3v) is 5.01. The minimum Gasteiger partial charge on any atom is -0.493 e. The number of hydrazine groups is 2. The molecule has 4 rings (SSSR count). The summed E-state index contributed by atoms with van der Waals surface area (Å²) in [6.45, 7) is 4.93. The van der Waals surface area contributed by atoms with Crippen molar-refractivity contribution in [2.45, 2.75) is 26.3 Å². The zero-order valence-electron chi connectivity index (χ0n) is 16.9. The lowest BCUT2D eigenvalue weighted by Gasteiger charge is -2.21. The first kappa shape index (κ1) is 19.1. The minimum atomic E-state index is -0.0135. The van der Waals surface area contributed by atoms with Crippen molar-refractivity contribution in [3.8, 4) is 11.5 Å². The van der Waals surface area contributed by atoms with E-state index >= 15 is 0 Å². The third-order valence-electron chi connectivity index (χ3n) is 5.01. The number of benzene rings is 1. The Hall–Kier alpha value is -3.27. The molecular weight excluding hydrogens is 374 g/mol. The van der Waals surface area contributed by atoms with Crippen molar-refractivity contribution >= 4 is 28.9 Å². The molecule has 29 heavy (non-hydrogen) atoms. The molecule has 0 aliphatic carbocycles. The van der Waals surface area contributed by atoms with Gasteiger partial charge in [-0.2, -0.15) is 0 Å². The van der Waals surface area contributed by atoms with Gasteiger partial charge in [-0.05, 0) is 25.5 Å². The van der Waals surface area contributed by atoms with E-state index in [2.05, 4.69) is 31.1 Å². The lowest BCUT2D eigenvalue weighted by atomic mass is 10.2. The van der Waals surface area contributed by atoms with Gasteiger partial charge in [-0.3, -0.25) is 10.2 Å². The van der Waals surface area contributed by atoms with Crippen LogP contribution in [0.25, 0.3) is 0 Å². The molecule has 0 saturated carbocycles. The predicted octanol–water partition coefficient (Wildman–Crippen LogP) is 1.50. The van der Waals surface area contributed by atoms with Crippen LogP contribution in [0.4, 0.5) is 23.0 Å². The summed E-state index contributed by atoms with van der Waals surface area (Å²) in [5.41, 5.74) is 7.99. The number of hydrogen-bond donors (Lipinski definition) is 3. The van der Waals surface area contributed by atoms with Crippen LogP contribution in [0.3, 0.4) is 0 Å². The zero-order chi connectivity index (χ0) is 20.5. The van der Waals surface area contributed by atoms with Gasteiger partial charge >= 0.3 is 0 Å². The maximum atomic E-state index is 11.4. The van der Waals surface area contributed by atoms with E-state index < -0.39 is 0 Å². The molecule has 2 aromatic rings. The Morgan fingerprint density at radius 2 is 1.97 bits per heavy atom. The Labute approximate surface area is 169 Å². The van der Waals surface area contributed by atoms with Gasteiger partial charge in [-0.15, -0.1) is 5.53 Å². The first-order valence-corrected chi connectivity index (χ1v) is 9.44. The number of nitrogens with one attached hydrogen (secondary N) is 3. The number of methoxy groups -OCH3 is 2. The van der Waals surface area contributed by atoms with E-state index in [0.717, 1.165) is 36.0 Å². The van der Waals surface area contributed by atoms with Gasteiger partial charge in [0.15, 0.2) is 23.1 Å². The molecule has 1 amide bonds. The van der Waals surface area contributed by atoms with Crippen LogP contribution in [0.15, 0.2) is 18.2 Å². The molecule has 0 bridgehead atoms. The van der Waals surface area contributed by atoms with Crippen LogP contribution in [0, 0.1) is 6.92 Å². The summed E-state index contributed by atoms with van der Waals surface area (Å²) in [6.07, 6.45) is 0.879. The molecule has 154 valence electrons. The number of ether oxygens (including phenoxy) is 2. The van der Waals surface area contributed by atoms with Gasteiger partial charge in [0.25, 0.3) is 0 Å². The number of anilines is 4. The average molecular weight is 399 g/mol. The lowest BCUT2D eigenvalue weighted by Crippen LogP contribution is -2.35. The number of fused-ring (bicyclic) bond motifs is 1. The van der Waals surface area contributed by atoms with Gasteiger partial charge in [-0.1, -0.05) is 0 Å². The van der Waals surface area contributed by atoms with Crippen molar-refractivity contribution in [3.63, 3.8) is 0 Å². The van der Waals surface area contributed by atoms with Crippen LogP contribution in [-0.4, -0.2) is 49.2 Å². The van der Waals surface area contributed by atoms with Crippen LogP contribution < -0.4 is 35.7 Å². The quantitative estimate of drug-likeness (QED) is 0.690. The fraction of sp³-hybridized carbons (Fsp3) is 0.421. The largest absolute Gasteiger partial charge is 0.493 e. The predicted molar refractivity (Wildman–Crippen MR) is 110 cm³/mol. The molecule has 1 aromatic carbocycles. The number of rotatable bonds is 5. The highest BCUT2D eigenvalue weighted by molar-refractivity contribution is 5.85. The zero-order valence-corrected chi connectivity index (χ0v) is 16.9. The summed E-state index contributed by atoms with van der Waals surface area (Å²) in [7, 11) is 3.21. The molecule has 10 heteroatoms. The van der Waals surface area contributed by atoms with E-state index in [1.165, 1.54) is 0 Å². The van der Waals surface area contributed by atoms with Gasteiger partial charge in [0.1, 0.15) is 11.5 Å². The van der Waals surface area contributed by atoms with E-state index in [0.29, 0.717) is 23.9 Å². The molecule has 1 atom stereocenters. The molecule has 2 aliphatic rings. The number of aromatic nitrogens is 2. The topological polar surface area (TPSA) is 104 Å². The SMILES string of the molecule is COc1ccc(N2NNc3c(N4CCC(NC(C)=O)C4)nc(C)nc32)cc1OC. The number of nitrogens with zero attached hydrogens (tertiary/aromatic N) is 4. The van der Waals surface area contributed by atoms with Crippen molar-refractivity contribution in [3.05, 3.63) is 24.0 Å². The van der Waals surface area contributed by atoms with Crippen LogP contribution >= 0.6 is 0 Å².